The van der Waals surface area contributed by atoms with Crippen LogP contribution in [0.25, 0.3) is 27.3 Å². The van der Waals surface area contributed by atoms with E-state index in [1.165, 1.54) is 11.0 Å². The Balaban J connectivity index is 1.52. The number of fused-ring (bicyclic) bond motifs is 1. The third kappa shape index (κ3) is 4.85. The highest BCUT2D eigenvalue weighted by atomic mass is 35.5. The fraction of sp³-hybridized carbons (Fsp3) is 0.107. The number of rotatable bonds is 6. The summed E-state index contributed by atoms with van der Waals surface area (Å²) < 4.78 is 1.96. The number of carbonyl (C=O) groups is 2. The molecule has 0 aliphatic rings. The van der Waals surface area contributed by atoms with Crippen LogP contribution in [0.4, 0.5) is 5.69 Å². The van der Waals surface area contributed by atoms with E-state index >= 15 is 0 Å². The smallest absolute Gasteiger partial charge is 0.348 e. The zero-order valence-corrected chi connectivity index (χ0v) is 22.2. The second-order valence-electron chi connectivity index (χ2n) is 8.69. The lowest BCUT2D eigenvalue weighted by molar-refractivity contribution is 0.0703. The first-order valence-corrected chi connectivity index (χ1v) is 13.0. The number of aromatic carboxylic acids is 1. The number of halogens is 2. The van der Waals surface area contributed by atoms with Gasteiger partial charge in [-0.2, -0.15) is 0 Å². The first kappa shape index (κ1) is 25.0. The van der Waals surface area contributed by atoms with Gasteiger partial charge in [0.25, 0.3) is 5.91 Å². The van der Waals surface area contributed by atoms with Crippen LogP contribution < -0.4 is 4.90 Å². The van der Waals surface area contributed by atoms with Gasteiger partial charge in [-0.25, -0.2) is 9.78 Å². The molecule has 1 amide bonds. The molecular formula is C28H21Cl2N3O3S. The van der Waals surface area contributed by atoms with Gasteiger partial charge in [0.05, 0.1) is 22.0 Å². The standard InChI is InChI=1S/C28H21Cl2N3O3S/c1-16(2)33(27(34)20-11-10-19(29)13-21(20)30)23-14-24(37-26(23)28(35)36)18-8-6-17(7-9-18)22-15-32-12-4-3-5-25(32)31-22/h3-16H,1-2H3,(H,35,36). The van der Waals surface area contributed by atoms with E-state index in [4.69, 9.17) is 23.2 Å². The number of aromatic nitrogens is 2. The Labute approximate surface area is 227 Å². The summed E-state index contributed by atoms with van der Waals surface area (Å²) in [7, 11) is 0. The van der Waals surface area contributed by atoms with Crippen LogP contribution in [-0.4, -0.2) is 32.4 Å². The molecule has 1 N–H and O–H groups in total. The van der Waals surface area contributed by atoms with E-state index in [2.05, 4.69) is 4.98 Å². The molecule has 0 unspecified atom stereocenters. The number of carboxylic acids is 1. The summed E-state index contributed by atoms with van der Waals surface area (Å²) in [5, 5.41) is 10.6. The quantitative estimate of drug-likeness (QED) is 0.234. The Hall–Kier alpha value is -3.65. The number of carboxylic acid groups (broad SMARTS) is 1. The fourth-order valence-corrected chi connectivity index (χ4v) is 5.63. The van der Waals surface area contributed by atoms with Gasteiger partial charge in [0, 0.05) is 33.9 Å². The van der Waals surface area contributed by atoms with Gasteiger partial charge in [-0.3, -0.25) is 4.79 Å². The Kier molecular flexibility index (Phi) is 6.77. The molecule has 2 aromatic carbocycles. The number of anilines is 1. The number of nitrogens with zero attached hydrogens (tertiary/aromatic N) is 3. The number of carbonyl (C=O) groups excluding carboxylic acids is 1. The van der Waals surface area contributed by atoms with E-state index in [0.29, 0.717) is 10.7 Å². The van der Waals surface area contributed by atoms with Crippen LogP contribution in [-0.2, 0) is 0 Å². The van der Waals surface area contributed by atoms with Gasteiger partial charge >= 0.3 is 5.97 Å². The zero-order chi connectivity index (χ0) is 26.3. The van der Waals surface area contributed by atoms with Gasteiger partial charge in [0.2, 0.25) is 0 Å². The number of amides is 1. The highest BCUT2D eigenvalue weighted by Crippen LogP contribution is 2.39. The molecular weight excluding hydrogens is 529 g/mol. The summed E-state index contributed by atoms with van der Waals surface area (Å²) in [5.41, 5.74) is 4.05. The third-order valence-corrected chi connectivity index (χ3v) is 7.60. The van der Waals surface area contributed by atoms with Crippen molar-refractivity contribution in [2.45, 2.75) is 19.9 Å². The van der Waals surface area contributed by atoms with Crippen molar-refractivity contribution < 1.29 is 14.7 Å². The lowest BCUT2D eigenvalue weighted by Crippen LogP contribution is -2.37. The number of hydrogen-bond donors (Lipinski definition) is 1. The lowest BCUT2D eigenvalue weighted by Gasteiger charge is -2.27. The van der Waals surface area contributed by atoms with Crippen LogP contribution in [0, 0.1) is 0 Å². The summed E-state index contributed by atoms with van der Waals surface area (Å²) in [6.45, 7) is 3.66. The largest absolute Gasteiger partial charge is 0.477 e. The maximum Gasteiger partial charge on any atom is 0.348 e. The molecule has 0 saturated carbocycles. The van der Waals surface area contributed by atoms with Gasteiger partial charge < -0.3 is 14.4 Å². The van der Waals surface area contributed by atoms with Crippen LogP contribution in [0.5, 0.6) is 0 Å². The van der Waals surface area contributed by atoms with Crippen molar-refractivity contribution in [3.05, 3.63) is 99.6 Å². The van der Waals surface area contributed by atoms with Crippen molar-refractivity contribution in [1.82, 2.24) is 9.38 Å². The molecule has 0 spiro atoms. The van der Waals surface area contributed by atoms with Crippen LogP contribution in [0.2, 0.25) is 10.0 Å². The van der Waals surface area contributed by atoms with E-state index < -0.39 is 11.9 Å². The Morgan fingerprint density at radius 2 is 1.73 bits per heavy atom. The maximum absolute atomic E-state index is 13.5. The zero-order valence-electron chi connectivity index (χ0n) is 19.9. The van der Waals surface area contributed by atoms with E-state index in [-0.39, 0.29) is 21.5 Å². The Morgan fingerprint density at radius 3 is 2.38 bits per heavy atom. The summed E-state index contributed by atoms with van der Waals surface area (Å²) >= 11 is 13.4. The number of imidazole rings is 1. The molecule has 5 aromatic rings. The van der Waals surface area contributed by atoms with Crippen molar-refractivity contribution in [2.24, 2.45) is 0 Å². The summed E-state index contributed by atoms with van der Waals surface area (Å²) in [5.74, 6) is -1.50. The minimum absolute atomic E-state index is 0.0755. The van der Waals surface area contributed by atoms with E-state index in [1.807, 2.05) is 73.1 Å². The molecule has 3 heterocycles. The topological polar surface area (TPSA) is 74.9 Å². The molecule has 3 aromatic heterocycles. The van der Waals surface area contributed by atoms with Gasteiger partial charge in [0.1, 0.15) is 10.5 Å². The minimum Gasteiger partial charge on any atom is -0.477 e. The molecule has 0 fully saturated rings. The van der Waals surface area contributed by atoms with Crippen LogP contribution >= 0.6 is 34.5 Å². The number of benzene rings is 2. The molecule has 37 heavy (non-hydrogen) atoms. The van der Waals surface area contributed by atoms with Crippen LogP contribution in [0.15, 0.2) is 79.1 Å². The molecule has 0 aliphatic carbocycles. The molecule has 0 radical (unpaired) electrons. The van der Waals surface area contributed by atoms with Gasteiger partial charge in [0.15, 0.2) is 0 Å². The van der Waals surface area contributed by atoms with E-state index in [0.717, 1.165) is 38.7 Å². The molecule has 5 rings (SSSR count). The Bertz CT molecular complexity index is 1610. The monoisotopic (exact) mass is 549 g/mol. The number of pyridine rings is 1. The first-order chi connectivity index (χ1) is 17.7. The van der Waals surface area contributed by atoms with Gasteiger partial charge in [-0.15, -0.1) is 11.3 Å². The predicted molar refractivity (Wildman–Crippen MR) is 149 cm³/mol. The first-order valence-electron chi connectivity index (χ1n) is 11.4. The summed E-state index contributed by atoms with van der Waals surface area (Å²) in [6.07, 6.45) is 3.91. The predicted octanol–water partition coefficient (Wildman–Crippen LogP) is 7.79. The van der Waals surface area contributed by atoms with Crippen molar-refractivity contribution in [2.75, 3.05) is 4.90 Å². The average Bonchev–Trinajstić information content (AvgIpc) is 3.49. The van der Waals surface area contributed by atoms with Gasteiger partial charge in [-0.05, 0) is 55.8 Å². The van der Waals surface area contributed by atoms with E-state index in [1.54, 1.807) is 18.2 Å². The van der Waals surface area contributed by atoms with Crippen molar-refractivity contribution in [3.63, 3.8) is 0 Å². The van der Waals surface area contributed by atoms with Crippen LogP contribution in [0.1, 0.15) is 33.9 Å². The second-order valence-corrected chi connectivity index (χ2v) is 10.6. The second kappa shape index (κ2) is 10.0. The summed E-state index contributed by atoms with van der Waals surface area (Å²) in [6, 6.07) is 19.6. The molecule has 0 bridgehead atoms. The third-order valence-electron chi connectivity index (χ3n) is 5.89. The van der Waals surface area contributed by atoms with Gasteiger partial charge in [-0.1, -0.05) is 53.5 Å². The normalized spacial score (nSPS) is 11.3. The number of hydrogen-bond acceptors (Lipinski definition) is 4. The molecule has 0 aliphatic heterocycles. The SMILES string of the molecule is CC(C)N(C(=O)c1ccc(Cl)cc1Cl)c1cc(-c2ccc(-c3cn4ccccc4n3)cc2)sc1C(=O)O. The number of thiophene rings is 1. The highest BCUT2D eigenvalue weighted by Gasteiger charge is 2.29. The van der Waals surface area contributed by atoms with E-state index in [9.17, 15) is 14.7 Å². The molecule has 9 heteroatoms. The molecule has 6 nitrogen and oxygen atoms in total. The summed E-state index contributed by atoms with van der Waals surface area (Å²) in [4.78, 5) is 32.6. The Morgan fingerprint density at radius 1 is 1.00 bits per heavy atom. The van der Waals surface area contributed by atoms with Crippen molar-refractivity contribution in [3.8, 4) is 21.7 Å². The van der Waals surface area contributed by atoms with Crippen molar-refractivity contribution in [1.29, 1.82) is 0 Å². The maximum atomic E-state index is 13.5. The molecule has 0 saturated heterocycles. The minimum atomic E-state index is -1.10. The highest BCUT2D eigenvalue weighted by molar-refractivity contribution is 7.18. The average molecular weight is 550 g/mol. The van der Waals surface area contributed by atoms with Crippen molar-refractivity contribution >= 4 is 57.7 Å². The molecule has 0 atom stereocenters. The fourth-order valence-electron chi connectivity index (χ4n) is 4.15. The van der Waals surface area contributed by atoms with Crippen LogP contribution in [0.3, 0.4) is 0 Å². The lowest BCUT2D eigenvalue weighted by atomic mass is 10.1. The molecule has 186 valence electrons.